The van der Waals surface area contributed by atoms with Crippen molar-refractivity contribution in [2.45, 2.75) is 26.9 Å². The molecule has 0 amide bonds. The molecule has 0 radical (unpaired) electrons. The van der Waals surface area contributed by atoms with Gasteiger partial charge in [0.05, 0.1) is 16.8 Å². The van der Waals surface area contributed by atoms with Crippen molar-refractivity contribution in [3.8, 4) is 11.3 Å². The second-order valence-corrected chi connectivity index (χ2v) is 8.78. The van der Waals surface area contributed by atoms with Gasteiger partial charge in [0.2, 0.25) is 5.78 Å². The molecule has 32 heavy (non-hydrogen) atoms. The van der Waals surface area contributed by atoms with Gasteiger partial charge in [0, 0.05) is 21.0 Å². The first-order valence-electron chi connectivity index (χ1n) is 10.3. The minimum Gasteiger partial charge on any atom is -0.451 e. The largest absolute Gasteiger partial charge is 0.451 e. The molecule has 0 spiro atoms. The number of carbonyl (C=O) groups is 2. The topological polar surface area (TPSA) is 56.3 Å². The van der Waals surface area contributed by atoms with Crippen LogP contribution in [0.5, 0.6) is 0 Å². The summed E-state index contributed by atoms with van der Waals surface area (Å²) in [6.07, 6.45) is -0.914. The lowest BCUT2D eigenvalue weighted by Gasteiger charge is -2.15. The van der Waals surface area contributed by atoms with Crippen LogP contribution in [0, 0.1) is 13.8 Å². The average molecular weight is 488 g/mol. The summed E-state index contributed by atoms with van der Waals surface area (Å²) >= 11 is 3.46. The standard InChI is InChI=1S/C27H22BrNO3/c1-16-4-8-19(9-5-16)25-15-23(22-14-21(28)12-13-24(22)29-25)27(31)32-18(3)26(30)20-10-6-17(2)7-11-20/h4-15,18H,1-3H3/t18-/m1/s1. The highest BCUT2D eigenvalue weighted by Gasteiger charge is 2.23. The van der Waals surface area contributed by atoms with E-state index in [4.69, 9.17) is 9.72 Å². The Morgan fingerprint density at radius 2 is 1.50 bits per heavy atom. The van der Waals surface area contributed by atoms with E-state index in [0.29, 0.717) is 27.7 Å². The molecule has 0 fully saturated rings. The lowest BCUT2D eigenvalue weighted by atomic mass is 10.0. The van der Waals surface area contributed by atoms with Crippen LogP contribution >= 0.6 is 15.9 Å². The maximum atomic E-state index is 13.2. The van der Waals surface area contributed by atoms with Crippen LogP contribution in [0.2, 0.25) is 0 Å². The number of halogens is 1. The molecule has 0 saturated carbocycles. The highest BCUT2D eigenvalue weighted by Crippen LogP contribution is 2.28. The Hall–Kier alpha value is -3.31. The van der Waals surface area contributed by atoms with E-state index in [9.17, 15) is 9.59 Å². The van der Waals surface area contributed by atoms with E-state index in [-0.39, 0.29) is 5.78 Å². The van der Waals surface area contributed by atoms with Crippen molar-refractivity contribution >= 4 is 38.6 Å². The molecule has 0 aliphatic carbocycles. The maximum absolute atomic E-state index is 13.2. The van der Waals surface area contributed by atoms with Gasteiger partial charge in [-0.1, -0.05) is 75.6 Å². The van der Waals surface area contributed by atoms with Crippen LogP contribution in [0.1, 0.15) is 38.8 Å². The number of esters is 1. The lowest BCUT2D eigenvalue weighted by Crippen LogP contribution is -2.24. The van der Waals surface area contributed by atoms with E-state index in [1.54, 1.807) is 25.1 Å². The second kappa shape index (κ2) is 9.05. The number of aromatic nitrogens is 1. The van der Waals surface area contributed by atoms with Gasteiger partial charge in [-0.25, -0.2) is 9.78 Å². The van der Waals surface area contributed by atoms with E-state index < -0.39 is 12.1 Å². The van der Waals surface area contributed by atoms with Crippen LogP contribution < -0.4 is 0 Å². The molecule has 5 heteroatoms. The van der Waals surface area contributed by atoms with Gasteiger partial charge < -0.3 is 4.74 Å². The molecule has 1 aromatic heterocycles. The molecular weight excluding hydrogens is 466 g/mol. The van der Waals surface area contributed by atoms with Crippen molar-refractivity contribution in [2.24, 2.45) is 0 Å². The number of hydrogen-bond acceptors (Lipinski definition) is 4. The number of nitrogens with zero attached hydrogens (tertiary/aromatic N) is 1. The number of hydrogen-bond donors (Lipinski definition) is 0. The zero-order valence-electron chi connectivity index (χ0n) is 18.1. The van der Waals surface area contributed by atoms with Crippen LogP contribution in [0.3, 0.4) is 0 Å². The molecule has 1 heterocycles. The molecule has 0 bridgehead atoms. The second-order valence-electron chi connectivity index (χ2n) is 7.86. The Morgan fingerprint density at radius 3 is 2.16 bits per heavy atom. The smallest absolute Gasteiger partial charge is 0.339 e. The summed E-state index contributed by atoms with van der Waals surface area (Å²) in [7, 11) is 0. The number of Topliss-reactive ketones (excluding diaryl/α,β-unsaturated/α-hetero) is 1. The highest BCUT2D eigenvalue weighted by atomic mass is 79.9. The molecular formula is C27H22BrNO3. The summed E-state index contributed by atoms with van der Waals surface area (Å²) in [5.41, 5.74) is 5.33. The van der Waals surface area contributed by atoms with E-state index in [1.165, 1.54) is 0 Å². The van der Waals surface area contributed by atoms with Crippen LogP contribution in [-0.2, 0) is 4.74 Å². The van der Waals surface area contributed by atoms with Gasteiger partial charge >= 0.3 is 5.97 Å². The summed E-state index contributed by atoms with van der Waals surface area (Å²) in [5.74, 6) is -0.798. The third-order valence-electron chi connectivity index (χ3n) is 5.33. The lowest BCUT2D eigenvalue weighted by molar-refractivity contribution is 0.0320. The van der Waals surface area contributed by atoms with Gasteiger partial charge in [-0.05, 0) is 45.0 Å². The van der Waals surface area contributed by atoms with Crippen LogP contribution in [-0.4, -0.2) is 22.8 Å². The van der Waals surface area contributed by atoms with Crippen molar-refractivity contribution in [2.75, 3.05) is 0 Å². The number of ketones is 1. The Balaban J connectivity index is 1.70. The van der Waals surface area contributed by atoms with Gasteiger partial charge in [0.15, 0.2) is 6.10 Å². The zero-order chi connectivity index (χ0) is 22.8. The van der Waals surface area contributed by atoms with E-state index >= 15 is 0 Å². The minimum absolute atomic E-state index is 0.239. The summed E-state index contributed by atoms with van der Waals surface area (Å²) in [6.45, 7) is 5.57. The molecule has 0 aliphatic heterocycles. The molecule has 4 rings (SSSR count). The number of pyridine rings is 1. The molecule has 160 valence electrons. The quantitative estimate of drug-likeness (QED) is 0.232. The number of fused-ring (bicyclic) bond motifs is 1. The van der Waals surface area contributed by atoms with Crippen molar-refractivity contribution < 1.29 is 14.3 Å². The molecule has 0 aliphatic rings. The van der Waals surface area contributed by atoms with Crippen LogP contribution in [0.15, 0.2) is 77.3 Å². The Bertz CT molecular complexity index is 1310. The van der Waals surface area contributed by atoms with Crippen molar-refractivity contribution in [3.63, 3.8) is 0 Å². The first-order chi connectivity index (χ1) is 15.3. The predicted molar refractivity (Wildman–Crippen MR) is 130 cm³/mol. The Morgan fingerprint density at radius 1 is 0.875 bits per heavy atom. The summed E-state index contributed by atoms with van der Waals surface area (Å²) < 4.78 is 6.44. The van der Waals surface area contributed by atoms with Crippen LogP contribution in [0.25, 0.3) is 22.2 Å². The van der Waals surface area contributed by atoms with Crippen molar-refractivity contribution in [3.05, 3.63) is 99.5 Å². The number of aryl methyl sites for hydroxylation is 2. The SMILES string of the molecule is Cc1ccc(C(=O)[C@@H](C)OC(=O)c2cc(-c3ccc(C)cc3)nc3ccc(Br)cc23)cc1. The predicted octanol–water partition coefficient (Wildman–Crippen LogP) is 6.71. The Kier molecular flexibility index (Phi) is 6.19. The van der Waals surface area contributed by atoms with Crippen molar-refractivity contribution in [1.82, 2.24) is 4.98 Å². The molecule has 4 aromatic rings. The third kappa shape index (κ3) is 4.63. The highest BCUT2D eigenvalue weighted by molar-refractivity contribution is 9.10. The fourth-order valence-corrected chi connectivity index (χ4v) is 3.83. The first kappa shape index (κ1) is 21.9. The van der Waals surface area contributed by atoms with Gasteiger partial charge in [0.1, 0.15) is 0 Å². The average Bonchev–Trinajstić information content (AvgIpc) is 2.78. The van der Waals surface area contributed by atoms with Crippen LogP contribution in [0.4, 0.5) is 0 Å². The normalized spacial score (nSPS) is 11.9. The summed E-state index contributed by atoms with van der Waals surface area (Å²) in [6, 6.07) is 22.5. The number of benzene rings is 3. The van der Waals surface area contributed by atoms with E-state index in [2.05, 4.69) is 15.9 Å². The van der Waals surface area contributed by atoms with Gasteiger partial charge in [-0.3, -0.25) is 4.79 Å². The third-order valence-corrected chi connectivity index (χ3v) is 5.82. The van der Waals surface area contributed by atoms with E-state index in [0.717, 1.165) is 21.2 Å². The molecule has 1 atom stereocenters. The number of ether oxygens (including phenoxy) is 1. The fraction of sp³-hybridized carbons (Fsp3) is 0.148. The van der Waals surface area contributed by atoms with Crippen molar-refractivity contribution in [1.29, 1.82) is 0 Å². The van der Waals surface area contributed by atoms with Gasteiger partial charge in [0.25, 0.3) is 0 Å². The molecule has 3 aromatic carbocycles. The molecule has 0 saturated heterocycles. The monoisotopic (exact) mass is 487 g/mol. The fourth-order valence-electron chi connectivity index (χ4n) is 3.47. The van der Waals surface area contributed by atoms with Gasteiger partial charge in [-0.2, -0.15) is 0 Å². The zero-order valence-corrected chi connectivity index (χ0v) is 19.6. The van der Waals surface area contributed by atoms with E-state index in [1.807, 2.05) is 68.4 Å². The molecule has 4 nitrogen and oxygen atoms in total. The first-order valence-corrected chi connectivity index (χ1v) is 11.1. The Labute approximate surface area is 195 Å². The number of carbonyl (C=O) groups excluding carboxylic acids is 2. The van der Waals surface area contributed by atoms with Gasteiger partial charge in [-0.15, -0.1) is 0 Å². The molecule has 0 unspecified atom stereocenters. The molecule has 0 N–H and O–H groups in total. The number of rotatable bonds is 5. The summed E-state index contributed by atoms with van der Waals surface area (Å²) in [4.78, 5) is 30.7. The maximum Gasteiger partial charge on any atom is 0.339 e. The minimum atomic E-state index is -0.914. The summed E-state index contributed by atoms with van der Waals surface area (Å²) in [5, 5.41) is 0.662.